The number of nitrogens with one attached hydrogen (secondary N) is 1. The molecule has 0 unspecified atom stereocenters. The van der Waals surface area contributed by atoms with E-state index in [0.717, 1.165) is 29.8 Å². The fraction of sp³-hybridized carbons (Fsp3) is 0.263. The molecular weight excluding hydrogens is 389 g/mol. The van der Waals surface area contributed by atoms with E-state index >= 15 is 0 Å². The number of unbranched alkanes of at least 4 members (excludes halogenated alkanes) is 2. The minimum atomic E-state index is -0.150. The molecule has 0 saturated carbocycles. The Morgan fingerprint density at radius 2 is 2.04 bits per heavy atom. The number of nitrogens with zero attached hydrogens (tertiary/aromatic N) is 2. The van der Waals surface area contributed by atoms with E-state index in [1.165, 1.54) is 0 Å². The Kier molecular flexibility index (Phi) is 6.35. The molecule has 3 rings (SSSR count). The normalized spacial score (nSPS) is 10.9. The molecule has 136 valence electrons. The molecule has 0 fully saturated rings. The number of carbonyl (C=O) groups is 1. The van der Waals surface area contributed by atoms with Gasteiger partial charge in [-0.2, -0.15) is 5.10 Å². The number of aromatic nitrogens is 2. The minimum absolute atomic E-state index is 0.150. The Morgan fingerprint density at radius 1 is 1.19 bits per heavy atom. The van der Waals surface area contributed by atoms with Crippen molar-refractivity contribution in [2.45, 2.75) is 26.2 Å². The molecule has 0 aliphatic rings. The molecule has 2 aromatic heterocycles. The van der Waals surface area contributed by atoms with Gasteiger partial charge in [-0.3, -0.25) is 4.79 Å². The van der Waals surface area contributed by atoms with Crippen LogP contribution in [0.5, 0.6) is 0 Å². The molecule has 4 nitrogen and oxygen atoms in total. The first-order chi connectivity index (χ1) is 12.6. The molecular formula is C19H19Cl2N3OS. The van der Waals surface area contributed by atoms with E-state index in [9.17, 15) is 4.79 Å². The molecule has 7 heteroatoms. The predicted octanol–water partition coefficient (Wildman–Crippen LogP) is 5.83. The highest BCUT2D eigenvalue weighted by molar-refractivity contribution is 7.13. The predicted molar refractivity (Wildman–Crippen MR) is 109 cm³/mol. The van der Waals surface area contributed by atoms with Crippen LogP contribution in [0.4, 0.5) is 0 Å². The number of amides is 1. The number of benzene rings is 1. The second-order valence-electron chi connectivity index (χ2n) is 5.87. The first-order valence-electron chi connectivity index (χ1n) is 8.47. The van der Waals surface area contributed by atoms with Gasteiger partial charge >= 0.3 is 0 Å². The van der Waals surface area contributed by atoms with Crippen molar-refractivity contribution >= 4 is 40.4 Å². The SMILES string of the molecule is CCCCCNC(=O)c1cc(-c2cccs2)nn1-c1ccc(Cl)c(Cl)c1. The van der Waals surface area contributed by atoms with Crippen LogP contribution in [0.2, 0.25) is 10.0 Å². The summed E-state index contributed by atoms with van der Waals surface area (Å²) in [5.74, 6) is -0.150. The third-order valence-electron chi connectivity index (χ3n) is 3.93. The molecule has 1 aromatic carbocycles. The van der Waals surface area contributed by atoms with Crippen molar-refractivity contribution in [3.8, 4) is 16.3 Å². The van der Waals surface area contributed by atoms with Crippen molar-refractivity contribution in [2.75, 3.05) is 6.54 Å². The van der Waals surface area contributed by atoms with Gasteiger partial charge in [0, 0.05) is 6.54 Å². The molecule has 0 aliphatic carbocycles. The Hall–Kier alpha value is -1.82. The maximum absolute atomic E-state index is 12.7. The second-order valence-corrected chi connectivity index (χ2v) is 7.63. The van der Waals surface area contributed by atoms with Crippen molar-refractivity contribution < 1.29 is 4.79 Å². The summed E-state index contributed by atoms with van der Waals surface area (Å²) in [5, 5.41) is 10.5. The highest BCUT2D eigenvalue weighted by Gasteiger charge is 2.18. The molecule has 2 heterocycles. The highest BCUT2D eigenvalue weighted by atomic mass is 35.5. The molecule has 26 heavy (non-hydrogen) atoms. The fourth-order valence-electron chi connectivity index (χ4n) is 2.57. The zero-order valence-corrected chi connectivity index (χ0v) is 16.7. The zero-order chi connectivity index (χ0) is 18.5. The fourth-order valence-corrected chi connectivity index (χ4v) is 3.54. The van der Waals surface area contributed by atoms with Crippen LogP contribution in [0.25, 0.3) is 16.3 Å². The second kappa shape index (κ2) is 8.71. The van der Waals surface area contributed by atoms with E-state index < -0.39 is 0 Å². The molecule has 1 amide bonds. The van der Waals surface area contributed by atoms with E-state index in [1.807, 2.05) is 23.6 Å². The van der Waals surface area contributed by atoms with Gasteiger partial charge in [0.1, 0.15) is 11.4 Å². The van der Waals surface area contributed by atoms with Crippen LogP contribution in [-0.4, -0.2) is 22.2 Å². The van der Waals surface area contributed by atoms with Crippen LogP contribution in [0.1, 0.15) is 36.7 Å². The van der Waals surface area contributed by atoms with Gasteiger partial charge in [0.2, 0.25) is 0 Å². The summed E-state index contributed by atoms with van der Waals surface area (Å²) in [6.45, 7) is 2.78. The summed E-state index contributed by atoms with van der Waals surface area (Å²) in [6.07, 6.45) is 3.16. The van der Waals surface area contributed by atoms with E-state index in [2.05, 4.69) is 17.3 Å². The average Bonchev–Trinajstić information content (AvgIpc) is 3.30. The minimum Gasteiger partial charge on any atom is -0.351 e. The first-order valence-corrected chi connectivity index (χ1v) is 10.1. The Balaban J connectivity index is 1.95. The number of carbonyl (C=O) groups excluding carboxylic acids is 1. The van der Waals surface area contributed by atoms with Gasteiger partial charge < -0.3 is 5.32 Å². The number of rotatable bonds is 7. The lowest BCUT2D eigenvalue weighted by Gasteiger charge is -2.09. The Labute approximate surface area is 166 Å². The van der Waals surface area contributed by atoms with Crippen LogP contribution < -0.4 is 5.32 Å². The van der Waals surface area contributed by atoms with Gasteiger partial charge in [0.15, 0.2) is 0 Å². The summed E-state index contributed by atoms with van der Waals surface area (Å²) in [5.41, 5.74) is 1.92. The van der Waals surface area contributed by atoms with E-state index in [1.54, 1.807) is 34.2 Å². The smallest absolute Gasteiger partial charge is 0.270 e. The van der Waals surface area contributed by atoms with Gasteiger partial charge in [0.25, 0.3) is 5.91 Å². The van der Waals surface area contributed by atoms with Crippen molar-refractivity contribution in [3.63, 3.8) is 0 Å². The van der Waals surface area contributed by atoms with Crippen molar-refractivity contribution in [1.82, 2.24) is 15.1 Å². The van der Waals surface area contributed by atoms with Crippen molar-refractivity contribution in [1.29, 1.82) is 0 Å². The summed E-state index contributed by atoms with van der Waals surface area (Å²) in [6, 6.07) is 11.0. The standard InChI is InChI=1S/C19H19Cl2N3OS/c1-2-3-4-9-22-19(25)17-12-16(18-6-5-10-26-18)23-24(17)13-7-8-14(20)15(21)11-13/h5-8,10-12H,2-4,9H2,1H3,(H,22,25). The largest absolute Gasteiger partial charge is 0.351 e. The molecule has 1 N–H and O–H groups in total. The van der Waals surface area contributed by atoms with Crippen molar-refractivity contribution in [2.24, 2.45) is 0 Å². The Morgan fingerprint density at radius 3 is 2.73 bits per heavy atom. The topological polar surface area (TPSA) is 46.9 Å². The van der Waals surface area contributed by atoms with Gasteiger partial charge in [-0.05, 0) is 42.1 Å². The van der Waals surface area contributed by atoms with Crippen LogP contribution in [0.15, 0.2) is 41.8 Å². The monoisotopic (exact) mass is 407 g/mol. The summed E-state index contributed by atoms with van der Waals surface area (Å²) in [4.78, 5) is 13.7. The molecule has 0 saturated heterocycles. The van der Waals surface area contributed by atoms with E-state index in [0.29, 0.717) is 28.0 Å². The van der Waals surface area contributed by atoms with Crippen LogP contribution >= 0.6 is 34.5 Å². The van der Waals surface area contributed by atoms with Gasteiger partial charge in [-0.1, -0.05) is 49.0 Å². The van der Waals surface area contributed by atoms with Crippen LogP contribution in [-0.2, 0) is 0 Å². The molecule has 0 atom stereocenters. The number of halogens is 2. The summed E-state index contributed by atoms with van der Waals surface area (Å²) in [7, 11) is 0. The average molecular weight is 408 g/mol. The van der Waals surface area contributed by atoms with Crippen LogP contribution in [0, 0.1) is 0 Å². The molecule has 0 radical (unpaired) electrons. The lowest BCUT2D eigenvalue weighted by Crippen LogP contribution is -2.26. The third-order valence-corrected chi connectivity index (χ3v) is 5.56. The summed E-state index contributed by atoms with van der Waals surface area (Å²) < 4.78 is 1.62. The molecule has 3 aromatic rings. The number of hydrogen-bond acceptors (Lipinski definition) is 3. The lowest BCUT2D eigenvalue weighted by molar-refractivity contribution is 0.0945. The third kappa shape index (κ3) is 4.29. The quantitative estimate of drug-likeness (QED) is 0.500. The molecule has 0 aliphatic heterocycles. The van der Waals surface area contributed by atoms with Crippen molar-refractivity contribution in [3.05, 3.63) is 57.5 Å². The van der Waals surface area contributed by atoms with E-state index in [-0.39, 0.29) is 5.91 Å². The maximum atomic E-state index is 12.7. The van der Waals surface area contributed by atoms with Crippen LogP contribution in [0.3, 0.4) is 0 Å². The number of thiophene rings is 1. The molecule has 0 spiro atoms. The van der Waals surface area contributed by atoms with E-state index in [4.69, 9.17) is 23.2 Å². The lowest BCUT2D eigenvalue weighted by atomic mass is 10.2. The molecule has 0 bridgehead atoms. The van der Waals surface area contributed by atoms with Gasteiger partial charge in [-0.25, -0.2) is 4.68 Å². The Bertz CT molecular complexity index is 890. The summed E-state index contributed by atoms with van der Waals surface area (Å²) >= 11 is 13.7. The maximum Gasteiger partial charge on any atom is 0.270 e. The van der Waals surface area contributed by atoms with Gasteiger partial charge in [0.05, 0.1) is 20.6 Å². The zero-order valence-electron chi connectivity index (χ0n) is 14.3. The van der Waals surface area contributed by atoms with Gasteiger partial charge in [-0.15, -0.1) is 11.3 Å². The highest BCUT2D eigenvalue weighted by Crippen LogP contribution is 2.28. The first kappa shape index (κ1) is 19.0. The number of hydrogen-bond donors (Lipinski definition) is 1.